The molecule has 21 heavy (non-hydrogen) atoms. The predicted molar refractivity (Wildman–Crippen MR) is 86.3 cm³/mol. The van der Waals surface area contributed by atoms with Gasteiger partial charge in [-0.25, -0.2) is 4.79 Å². The molecule has 0 radical (unpaired) electrons. The zero-order valence-corrected chi connectivity index (χ0v) is 14.1. The van der Waals surface area contributed by atoms with Crippen LogP contribution in [0.1, 0.15) is 15.9 Å². The molecule has 0 heterocycles. The minimum absolute atomic E-state index is 0.298. The molecular formula is C15H11BrCl2O3. The lowest BCUT2D eigenvalue weighted by atomic mass is 10.2. The summed E-state index contributed by atoms with van der Waals surface area (Å²) < 4.78 is 11.0. The number of rotatable bonds is 4. The van der Waals surface area contributed by atoms with Gasteiger partial charge in [-0.3, -0.25) is 0 Å². The molecule has 3 nitrogen and oxygen atoms in total. The van der Waals surface area contributed by atoms with Crippen molar-refractivity contribution in [3.63, 3.8) is 0 Å². The molecule has 0 N–H and O–H groups in total. The van der Waals surface area contributed by atoms with E-state index < -0.39 is 5.97 Å². The van der Waals surface area contributed by atoms with Crippen LogP contribution in [0.4, 0.5) is 0 Å². The van der Waals surface area contributed by atoms with Crippen molar-refractivity contribution in [3.8, 4) is 5.75 Å². The molecule has 2 aromatic carbocycles. The highest BCUT2D eigenvalue weighted by Gasteiger charge is 2.10. The Balaban J connectivity index is 2.11. The summed E-state index contributed by atoms with van der Waals surface area (Å²) in [6.07, 6.45) is 0. The maximum atomic E-state index is 11.4. The van der Waals surface area contributed by atoms with Gasteiger partial charge in [0.05, 0.1) is 17.1 Å². The highest BCUT2D eigenvalue weighted by Crippen LogP contribution is 2.28. The third-order valence-electron chi connectivity index (χ3n) is 2.75. The third kappa shape index (κ3) is 4.13. The molecule has 110 valence electrons. The summed E-state index contributed by atoms with van der Waals surface area (Å²) in [5.74, 6) is 0.205. The maximum Gasteiger partial charge on any atom is 0.337 e. The molecular weight excluding hydrogens is 379 g/mol. The quantitative estimate of drug-likeness (QED) is 0.680. The number of hydrogen-bond acceptors (Lipinski definition) is 3. The Labute approximate surface area is 140 Å². The predicted octanol–water partition coefficient (Wildman–Crippen LogP) is 5.12. The number of methoxy groups -OCH3 is 1. The van der Waals surface area contributed by atoms with Crippen molar-refractivity contribution in [3.05, 3.63) is 62.0 Å². The van der Waals surface area contributed by atoms with Gasteiger partial charge in [-0.15, -0.1) is 0 Å². The summed E-state index contributed by atoms with van der Waals surface area (Å²) in [5, 5.41) is 1.12. The van der Waals surface area contributed by atoms with Gasteiger partial charge >= 0.3 is 5.97 Å². The molecule has 2 rings (SSSR count). The first kappa shape index (κ1) is 16.1. The Morgan fingerprint density at radius 2 is 1.95 bits per heavy atom. The first-order chi connectivity index (χ1) is 10.0. The molecule has 0 aliphatic carbocycles. The van der Waals surface area contributed by atoms with E-state index in [2.05, 4.69) is 20.7 Å². The van der Waals surface area contributed by atoms with Crippen molar-refractivity contribution in [2.75, 3.05) is 7.11 Å². The molecule has 0 bridgehead atoms. The molecule has 0 aliphatic rings. The normalized spacial score (nSPS) is 10.3. The van der Waals surface area contributed by atoms with Crippen molar-refractivity contribution in [1.29, 1.82) is 0 Å². The van der Waals surface area contributed by atoms with Gasteiger partial charge in [-0.05, 0) is 46.3 Å². The van der Waals surface area contributed by atoms with E-state index in [1.165, 1.54) is 7.11 Å². The highest BCUT2D eigenvalue weighted by atomic mass is 79.9. The van der Waals surface area contributed by atoms with Gasteiger partial charge < -0.3 is 9.47 Å². The standard InChI is InChI=1S/C15H11BrCl2O3/c1-20-15(19)9-3-5-14(12(16)6-9)21-8-10-2-4-11(17)7-13(10)18/h2-7H,8H2,1H3. The summed E-state index contributed by atoms with van der Waals surface area (Å²) in [6.45, 7) is 0.298. The lowest BCUT2D eigenvalue weighted by Gasteiger charge is -2.10. The van der Waals surface area contributed by atoms with Crippen molar-refractivity contribution in [2.24, 2.45) is 0 Å². The van der Waals surface area contributed by atoms with Gasteiger partial charge in [0.25, 0.3) is 0 Å². The molecule has 0 amide bonds. The lowest BCUT2D eigenvalue weighted by molar-refractivity contribution is 0.0600. The fourth-order valence-corrected chi connectivity index (χ4v) is 2.61. The molecule has 0 aromatic heterocycles. The molecule has 0 fully saturated rings. The number of benzene rings is 2. The second-order valence-electron chi connectivity index (χ2n) is 4.16. The lowest BCUT2D eigenvalue weighted by Crippen LogP contribution is -2.02. The smallest absolute Gasteiger partial charge is 0.337 e. The Kier molecular flexibility index (Phi) is 5.51. The average molecular weight is 390 g/mol. The van der Waals surface area contributed by atoms with Gasteiger partial charge in [-0.2, -0.15) is 0 Å². The number of carbonyl (C=O) groups excluding carboxylic acids is 1. The van der Waals surface area contributed by atoms with Gasteiger partial charge in [0.1, 0.15) is 12.4 Å². The minimum atomic E-state index is -0.400. The fourth-order valence-electron chi connectivity index (χ4n) is 1.66. The third-order valence-corrected chi connectivity index (χ3v) is 3.96. The molecule has 2 aromatic rings. The Morgan fingerprint density at radius 3 is 2.57 bits per heavy atom. The van der Waals surface area contributed by atoms with Crippen LogP contribution in [0.15, 0.2) is 40.9 Å². The molecule has 0 saturated carbocycles. The Morgan fingerprint density at radius 1 is 1.19 bits per heavy atom. The summed E-state index contributed by atoms with van der Waals surface area (Å²) >= 11 is 15.3. The summed E-state index contributed by atoms with van der Waals surface area (Å²) in [4.78, 5) is 11.4. The maximum absolute atomic E-state index is 11.4. The number of carbonyl (C=O) groups is 1. The monoisotopic (exact) mass is 388 g/mol. The molecule has 6 heteroatoms. The van der Waals surface area contributed by atoms with E-state index in [4.69, 9.17) is 27.9 Å². The summed E-state index contributed by atoms with van der Waals surface area (Å²) in [7, 11) is 1.34. The zero-order valence-electron chi connectivity index (χ0n) is 11.0. The van der Waals surface area contributed by atoms with Gasteiger partial charge in [0.15, 0.2) is 0 Å². The number of hydrogen-bond donors (Lipinski definition) is 0. The molecule has 0 saturated heterocycles. The first-order valence-electron chi connectivity index (χ1n) is 5.96. The van der Waals surface area contributed by atoms with E-state index in [9.17, 15) is 4.79 Å². The van der Waals surface area contributed by atoms with Crippen LogP contribution in [0.3, 0.4) is 0 Å². The largest absolute Gasteiger partial charge is 0.488 e. The fraction of sp³-hybridized carbons (Fsp3) is 0.133. The van der Waals surface area contributed by atoms with E-state index >= 15 is 0 Å². The van der Waals surface area contributed by atoms with E-state index in [1.54, 1.807) is 36.4 Å². The second kappa shape index (κ2) is 7.16. The summed E-state index contributed by atoms with van der Waals surface area (Å²) in [6, 6.07) is 10.2. The van der Waals surface area contributed by atoms with Crippen LogP contribution in [0, 0.1) is 0 Å². The molecule has 0 unspecified atom stereocenters. The van der Waals surface area contributed by atoms with Crippen molar-refractivity contribution >= 4 is 45.1 Å². The average Bonchev–Trinajstić information content (AvgIpc) is 2.46. The Bertz CT molecular complexity index is 674. The molecule has 0 spiro atoms. The van der Waals surface area contributed by atoms with Gasteiger partial charge in [0, 0.05) is 15.6 Å². The van der Waals surface area contributed by atoms with Gasteiger partial charge in [-0.1, -0.05) is 29.3 Å². The van der Waals surface area contributed by atoms with Crippen LogP contribution >= 0.6 is 39.1 Å². The van der Waals surface area contributed by atoms with Gasteiger partial charge in [0.2, 0.25) is 0 Å². The number of esters is 1. The van der Waals surface area contributed by atoms with Crippen molar-refractivity contribution < 1.29 is 14.3 Å². The van der Waals surface area contributed by atoms with Crippen LogP contribution in [0.2, 0.25) is 10.0 Å². The van der Waals surface area contributed by atoms with E-state index in [0.717, 1.165) is 5.56 Å². The van der Waals surface area contributed by atoms with Crippen LogP contribution in [0.5, 0.6) is 5.75 Å². The van der Waals surface area contributed by atoms with Crippen molar-refractivity contribution in [1.82, 2.24) is 0 Å². The zero-order chi connectivity index (χ0) is 15.4. The van der Waals surface area contributed by atoms with Crippen LogP contribution in [-0.4, -0.2) is 13.1 Å². The highest BCUT2D eigenvalue weighted by molar-refractivity contribution is 9.10. The van der Waals surface area contributed by atoms with E-state index in [1.807, 2.05) is 0 Å². The molecule has 0 atom stereocenters. The summed E-state index contributed by atoms with van der Waals surface area (Å²) in [5.41, 5.74) is 1.27. The van der Waals surface area contributed by atoms with Crippen LogP contribution in [-0.2, 0) is 11.3 Å². The van der Waals surface area contributed by atoms with Crippen LogP contribution in [0.25, 0.3) is 0 Å². The second-order valence-corrected chi connectivity index (χ2v) is 5.86. The van der Waals surface area contributed by atoms with E-state index in [0.29, 0.717) is 32.4 Å². The SMILES string of the molecule is COC(=O)c1ccc(OCc2ccc(Cl)cc2Cl)c(Br)c1. The first-order valence-corrected chi connectivity index (χ1v) is 7.50. The van der Waals surface area contributed by atoms with E-state index in [-0.39, 0.29) is 0 Å². The number of halogens is 3. The Hall–Kier alpha value is -1.23. The van der Waals surface area contributed by atoms with Crippen molar-refractivity contribution in [2.45, 2.75) is 6.61 Å². The van der Waals surface area contributed by atoms with Crippen LogP contribution < -0.4 is 4.74 Å². The molecule has 0 aliphatic heterocycles. The number of ether oxygens (including phenoxy) is 2. The topological polar surface area (TPSA) is 35.5 Å². The minimum Gasteiger partial charge on any atom is -0.488 e.